The predicted octanol–water partition coefficient (Wildman–Crippen LogP) is 5.45. The van der Waals surface area contributed by atoms with Crippen LogP contribution in [0.2, 0.25) is 0 Å². The summed E-state index contributed by atoms with van der Waals surface area (Å²) in [7, 11) is 1.61. The number of amides is 1. The number of methoxy groups -OCH3 is 1. The van der Waals surface area contributed by atoms with Gasteiger partial charge in [-0.05, 0) is 61.1 Å². The Morgan fingerprint density at radius 2 is 1.72 bits per heavy atom. The van der Waals surface area contributed by atoms with Crippen molar-refractivity contribution in [3.63, 3.8) is 0 Å². The second kappa shape index (κ2) is 11.0. The van der Waals surface area contributed by atoms with Crippen molar-refractivity contribution < 1.29 is 9.53 Å². The van der Waals surface area contributed by atoms with Crippen LogP contribution in [0, 0.1) is 5.92 Å². The van der Waals surface area contributed by atoms with E-state index in [-0.39, 0.29) is 17.2 Å². The zero-order valence-electron chi connectivity index (χ0n) is 21.8. The van der Waals surface area contributed by atoms with E-state index in [0.29, 0.717) is 33.5 Å². The van der Waals surface area contributed by atoms with Crippen molar-refractivity contribution in [3.8, 4) is 11.4 Å². The van der Waals surface area contributed by atoms with Crippen molar-refractivity contribution in [1.29, 1.82) is 0 Å². The first-order valence-electron chi connectivity index (χ1n) is 13.2. The number of nitrogens with one attached hydrogen (secondary N) is 1. The number of thioether (sulfide) groups is 1. The van der Waals surface area contributed by atoms with Crippen LogP contribution in [-0.2, 0) is 11.2 Å². The van der Waals surface area contributed by atoms with Crippen LogP contribution >= 0.6 is 11.8 Å². The van der Waals surface area contributed by atoms with Crippen LogP contribution < -0.4 is 10.3 Å². The molecular weight excluding hydrogens is 508 g/mol. The van der Waals surface area contributed by atoms with E-state index in [1.54, 1.807) is 11.7 Å². The molecule has 3 heterocycles. The highest BCUT2D eigenvalue weighted by atomic mass is 32.2. The Balaban J connectivity index is 1.24. The van der Waals surface area contributed by atoms with Gasteiger partial charge in [0.05, 0.1) is 18.6 Å². The molecule has 6 rings (SSSR count). The fourth-order valence-corrected chi connectivity index (χ4v) is 6.26. The number of fused-ring (bicyclic) bond motifs is 3. The molecule has 8 heteroatoms. The van der Waals surface area contributed by atoms with E-state index in [1.807, 2.05) is 59.5 Å². The van der Waals surface area contributed by atoms with Gasteiger partial charge in [-0.3, -0.25) is 14.2 Å². The molecule has 1 aliphatic heterocycles. The molecule has 5 aromatic rings. The number of hydrogen-bond donors (Lipinski definition) is 1. The first-order valence-corrected chi connectivity index (χ1v) is 14.2. The van der Waals surface area contributed by atoms with Crippen LogP contribution in [0.5, 0.6) is 5.75 Å². The molecule has 1 N–H and O–H groups in total. The first kappa shape index (κ1) is 25.2. The third-order valence-corrected chi connectivity index (χ3v) is 8.41. The van der Waals surface area contributed by atoms with Crippen molar-refractivity contribution in [3.05, 3.63) is 94.8 Å². The number of piperidine rings is 1. The van der Waals surface area contributed by atoms with E-state index in [4.69, 9.17) is 9.72 Å². The Kier molecular flexibility index (Phi) is 7.11. The van der Waals surface area contributed by atoms with Gasteiger partial charge in [0.1, 0.15) is 16.8 Å². The third kappa shape index (κ3) is 5.16. The highest BCUT2D eigenvalue weighted by Crippen LogP contribution is 2.28. The Bertz CT molecular complexity index is 1670. The quantitative estimate of drug-likeness (QED) is 0.220. The summed E-state index contributed by atoms with van der Waals surface area (Å²) in [4.78, 5) is 37.1. The molecule has 1 saturated heterocycles. The molecule has 0 unspecified atom stereocenters. The van der Waals surface area contributed by atoms with Gasteiger partial charge in [-0.15, -0.1) is 0 Å². The van der Waals surface area contributed by atoms with E-state index in [2.05, 4.69) is 29.2 Å². The number of carbonyl (C=O) groups excluding carboxylic acids is 1. The van der Waals surface area contributed by atoms with E-state index in [1.165, 1.54) is 17.3 Å². The number of ether oxygens (including phenoxy) is 1. The lowest BCUT2D eigenvalue weighted by Gasteiger charge is -2.32. The number of hydrogen-bond acceptors (Lipinski definition) is 5. The van der Waals surface area contributed by atoms with E-state index in [0.717, 1.165) is 43.3 Å². The summed E-state index contributed by atoms with van der Waals surface area (Å²) in [5.74, 6) is 1.59. The number of carbonyl (C=O) groups is 1. The molecule has 1 amide bonds. The first-order chi connectivity index (χ1) is 19.1. The number of benzene rings is 3. The number of aromatic amines is 1. The van der Waals surface area contributed by atoms with Crippen molar-refractivity contribution in [2.75, 3.05) is 26.0 Å². The minimum Gasteiger partial charge on any atom is -0.497 e. The molecule has 39 heavy (non-hydrogen) atoms. The topological polar surface area (TPSA) is 80.2 Å². The lowest BCUT2D eigenvalue weighted by molar-refractivity contribution is -0.129. The number of nitrogens with zero attached hydrogens (tertiary/aromatic N) is 3. The van der Waals surface area contributed by atoms with Crippen molar-refractivity contribution in [1.82, 2.24) is 19.4 Å². The maximum absolute atomic E-state index is 13.8. The molecule has 0 bridgehead atoms. The van der Waals surface area contributed by atoms with Gasteiger partial charge in [-0.1, -0.05) is 60.3 Å². The Hall–Kier alpha value is -4.04. The highest BCUT2D eigenvalue weighted by Gasteiger charge is 2.24. The van der Waals surface area contributed by atoms with E-state index < -0.39 is 0 Å². The van der Waals surface area contributed by atoms with E-state index in [9.17, 15) is 9.59 Å². The molecule has 0 spiro atoms. The predicted molar refractivity (Wildman–Crippen MR) is 156 cm³/mol. The van der Waals surface area contributed by atoms with Crippen molar-refractivity contribution in [2.24, 2.45) is 5.92 Å². The van der Waals surface area contributed by atoms with Gasteiger partial charge in [0.15, 0.2) is 5.16 Å². The minimum absolute atomic E-state index is 0.0766. The summed E-state index contributed by atoms with van der Waals surface area (Å²) >= 11 is 1.31. The van der Waals surface area contributed by atoms with Gasteiger partial charge in [0.25, 0.3) is 5.56 Å². The molecule has 0 radical (unpaired) electrons. The van der Waals surface area contributed by atoms with Gasteiger partial charge in [-0.25, -0.2) is 4.98 Å². The zero-order chi connectivity index (χ0) is 26.8. The fourth-order valence-electron chi connectivity index (χ4n) is 5.35. The van der Waals surface area contributed by atoms with Crippen LogP contribution in [0.1, 0.15) is 18.4 Å². The van der Waals surface area contributed by atoms with Crippen LogP contribution in [0.4, 0.5) is 0 Å². The van der Waals surface area contributed by atoms with Crippen LogP contribution in [-0.4, -0.2) is 51.3 Å². The summed E-state index contributed by atoms with van der Waals surface area (Å²) in [6, 6.07) is 25.6. The molecule has 7 nitrogen and oxygen atoms in total. The summed E-state index contributed by atoms with van der Waals surface area (Å²) < 4.78 is 6.88. The van der Waals surface area contributed by atoms with Crippen LogP contribution in [0.15, 0.2) is 88.8 Å². The second-order valence-corrected chi connectivity index (χ2v) is 10.9. The van der Waals surface area contributed by atoms with Crippen LogP contribution in [0.25, 0.3) is 27.6 Å². The van der Waals surface area contributed by atoms with Crippen molar-refractivity contribution >= 4 is 39.6 Å². The lowest BCUT2D eigenvalue weighted by Crippen LogP contribution is -2.40. The molecule has 3 aromatic carbocycles. The zero-order valence-corrected chi connectivity index (χ0v) is 22.6. The molecule has 0 atom stereocenters. The molecule has 2 aromatic heterocycles. The second-order valence-electron chi connectivity index (χ2n) is 9.93. The Morgan fingerprint density at radius 3 is 2.46 bits per heavy atom. The maximum Gasteiger partial charge on any atom is 0.283 e. The molecule has 0 aliphatic carbocycles. The fraction of sp³-hybridized carbons (Fsp3) is 0.258. The van der Waals surface area contributed by atoms with Gasteiger partial charge in [0.2, 0.25) is 5.91 Å². The highest BCUT2D eigenvalue weighted by molar-refractivity contribution is 7.99. The third-order valence-electron chi connectivity index (χ3n) is 7.48. The van der Waals surface area contributed by atoms with Crippen molar-refractivity contribution in [2.45, 2.75) is 24.4 Å². The number of H-pyrrole nitrogens is 1. The summed E-state index contributed by atoms with van der Waals surface area (Å²) in [6.45, 7) is 1.52. The van der Waals surface area contributed by atoms with Gasteiger partial charge < -0.3 is 14.6 Å². The van der Waals surface area contributed by atoms with E-state index >= 15 is 0 Å². The standard InChI is InChI=1S/C31H30N4O3S/c1-38-24-13-11-23(12-14-24)35-30(37)29-28(25-9-5-6-10-26(25)32-29)33-31(35)39-20-27(36)34-17-15-22(16-18-34)19-21-7-3-2-4-8-21/h2-14,22,32H,15-20H2,1H3. The lowest BCUT2D eigenvalue weighted by atomic mass is 9.90. The summed E-state index contributed by atoms with van der Waals surface area (Å²) in [6.07, 6.45) is 3.06. The molecule has 0 saturated carbocycles. The molecule has 1 aliphatic rings. The average molecular weight is 539 g/mol. The Morgan fingerprint density at radius 1 is 1.00 bits per heavy atom. The number of para-hydroxylation sites is 1. The minimum atomic E-state index is -0.196. The number of rotatable bonds is 7. The maximum atomic E-state index is 13.8. The normalized spacial score (nSPS) is 14.2. The van der Waals surface area contributed by atoms with Crippen LogP contribution in [0.3, 0.4) is 0 Å². The summed E-state index contributed by atoms with van der Waals surface area (Å²) in [5.41, 5.74) is 3.76. The van der Waals surface area contributed by atoms with Gasteiger partial charge in [-0.2, -0.15) is 0 Å². The average Bonchev–Trinajstić information content (AvgIpc) is 3.36. The Labute approximate surface area is 230 Å². The largest absolute Gasteiger partial charge is 0.497 e. The smallest absolute Gasteiger partial charge is 0.283 e. The summed E-state index contributed by atoms with van der Waals surface area (Å²) in [5, 5.41) is 1.38. The number of aromatic nitrogens is 3. The number of likely N-dealkylation sites (tertiary alicyclic amines) is 1. The molecule has 1 fully saturated rings. The molecular formula is C31H30N4O3S. The molecule has 198 valence electrons. The SMILES string of the molecule is COc1ccc(-n2c(SCC(=O)N3CCC(Cc4ccccc4)CC3)nc3c([nH]c4ccccc43)c2=O)cc1. The monoisotopic (exact) mass is 538 g/mol. The van der Waals surface area contributed by atoms with Gasteiger partial charge >= 0.3 is 0 Å². The van der Waals surface area contributed by atoms with Gasteiger partial charge in [0, 0.05) is 24.0 Å².